The molecular formula is H4BCsNbO3. The topological polar surface area (TPSA) is 60.7 Å². The van der Waals surface area contributed by atoms with Gasteiger partial charge in [0.15, 0.2) is 0 Å². The number of hydrogen-bond donors (Lipinski definition) is 3. The van der Waals surface area contributed by atoms with E-state index in [1.165, 1.54) is 0 Å². The largest absolute Gasteiger partial charge is 1.00 e. The smallest absolute Gasteiger partial charge is 1.00 e. The molecule has 0 saturated carbocycles. The van der Waals surface area contributed by atoms with E-state index in [0.29, 0.717) is 0 Å². The van der Waals surface area contributed by atoms with Gasteiger partial charge in [0.1, 0.15) is 0 Å². The van der Waals surface area contributed by atoms with Crippen molar-refractivity contribution in [3.63, 3.8) is 0 Å². The Morgan fingerprint density at radius 2 is 1.17 bits per heavy atom. The zero-order valence-corrected chi connectivity index (χ0v) is 11.8. The molecule has 3 N–H and O–H groups in total. The summed E-state index contributed by atoms with van der Waals surface area (Å²) in [5.74, 6) is 0. The quantitative estimate of drug-likeness (QED) is 0.392. The molecule has 0 aromatic heterocycles. The molecule has 6 heavy (non-hydrogen) atoms. The summed E-state index contributed by atoms with van der Waals surface area (Å²) in [5, 5.41) is 21.5. The van der Waals surface area contributed by atoms with Gasteiger partial charge in [-0.05, 0) is 0 Å². The molecule has 0 atom stereocenters. The minimum Gasteiger partial charge on any atom is -1.00 e. The van der Waals surface area contributed by atoms with Gasteiger partial charge in [0.05, 0.1) is 0 Å². The van der Waals surface area contributed by atoms with Crippen molar-refractivity contribution in [3.05, 3.63) is 0 Å². The average Bonchev–Trinajstić information content (AvgIpc) is 0.811. The molecule has 0 aliphatic rings. The fourth-order valence-corrected chi connectivity index (χ4v) is 0. The van der Waals surface area contributed by atoms with E-state index in [1.807, 2.05) is 0 Å². The van der Waals surface area contributed by atoms with Gasteiger partial charge in [0.2, 0.25) is 0 Å². The van der Waals surface area contributed by atoms with E-state index < -0.39 is 7.32 Å². The first-order valence-corrected chi connectivity index (χ1v) is 0.775. The minimum atomic E-state index is -2.17. The normalized spacial score (nSPS) is 4.50. The fraction of sp³-hybridized carbons (Fsp3) is 0. The Morgan fingerprint density at radius 1 is 1.17 bits per heavy atom. The van der Waals surface area contributed by atoms with Gasteiger partial charge in [-0.3, -0.25) is 0 Å². The summed E-state index contributed by atoms with van der Waals surface area (Å²) in [5.41, 5.74) is 0. The van der Waals surface area contributed by atoms with E-state index in [4.69, 9.17) is 15.1 Å². The van der Waals surface area contributed by atoms with Crippen LogP contribution in [0.4, 0.5) is 0 Å². The van der Waals surface area contributed by atoms with Crippen molar-refractivity contribution >= 4 is 7.32 Å². The SMILES string of the molecule is OB(O)O.[Cs+].[H-].[Nb]. The minimum absolute atomic E-state index is 0. The average molecular weight is 289 g/mol. The monoisotopic (exact) mass is 289 g/mol. The molecule has 0 amide bonds. The second-order valence-corrected chi connectivity index (χ2v) is 0.346. The fourth-order valence-electron chi connectivity index (χ4n) is 0. The summed E-state index contributed by atoms with van der Waals surface area (Å²) in [7, 11) is -2.17. The van der Waals surface area contributed by atoms with Gasteiger partial charge in [-0.25, -0.2) is 0 Å². The summed E-state index contributed by atoms with van der Waals surface area (Å²) in [6.07, 6.45) is 0. The summed E-state index contributed by atoms with van der Waals surface area (Å²) < 4.78 is 0. The molecule has 0 rings (SSSR count). The molecule has 0 fully saturated rings. The second-order valence-electron chi connectivity index (χ2n) is 0.346. The van der Waals surface area contributed by atoms with Crippen LogP contribution in [0.2, 0.25) is 0 Å². The van der Waals surface area contributed by atoms with Crippen LogP contribution in [0, 0.1) is 0 Å². The molecule has 0 spiro atoms. The third kappa shape index (κ3) is 29.6. The molecule has 3 nitrogen and oxygen atoms in total. The van der Waals surface area contributed by atoms with Crippen LogP contribution in [0.25, 0.3) is 0 Å². The Balaban J connectivity index is -0.0000000150. The Hall–Kier alpha value is 2.74. The van der Waals surface area contributed by atoms with E-state index >= 15 is 0 Å². The Kier molecular flexibility index (Phi) is 28.3. The molecule has 0 aliphatic carbocycles. The maximum atomic E-state index is 7.17. The van der Waals surface area contributed by atoms with Crippen molar-refractivity contribution in [2.45, 2.75) is 0 Å². The zero-order valence-electron chi connectivity index (χ0n) is 4.37. The van der Waals surface area contributed by atoms with Gasteiger partial charge in [-0.15, -0.1) is 0 Å². The van der Waals surface area contributed by atoms with Gasteiger partial charge >= 0.3 is 76.2 Å². The number of hydrogen-bond acceptors (Lipinski definition) is 3. The molecular weight excluding hydrogens is 285 g/mol. The Morgan fingerprint density at radius 3 is 1.17 bits per heavy atom. The van der Waals surface area contributed by atoms with Crippen LogP contribution in [0.15, 0.2) is 0 Å². The van der Waals surface area contributed by atoms with E-state index in [9.17, 15) is 0 Å². The van der Waals surface area contributed by atoms with E-state index in [2.05, 4.69) is 0 Å². The maximum absolute atomic E-state index is 7.17. The van der Waals surface area contributed by atoms with Crippen LogP contribution in [0.5, 0.6) is 0 Å². The molecule has 0 unspecified atom stereocenters. The Labute approximate surface area is 112 Å². The van der Waals surface area contributed by atoms with E-state index in [0.717, 1.165) is 0 Å². The van der Waals surface area contributed by atoms with Crippen molar-refractivity contribution in [2.24, 2.45) is 0 Å². The molecule has 0 saturated heterocycles. The predicted octanol–water partition coefficient (Wildman–Crippen LogP) is -4.94. The second kappa shape index (κ2) is 10.7. The van der Waals surface area contributed by atoms with Gasteiger partial charge in [-0.2, -0.15) is 0 Å². The first-order valence-electron chi connectivity index (χ1n) is 0.775. The standard InChI is InChI=1S/BH3O3.Cs.Nb.H/c2-1(3)4;;;/h2-4H;;;/q;+1;;-1. The first-order chi connectivity index (χ1) is 1.73. The molecule has 0 aliphatic heterocycles. The number of rotatable bonds is 0. The molecule has 6 heteroatoms. The van der Waals surface area contributed by atoms with Gasteiger partial charge in [0, 0.05) is 22.4 Å². The summed E-state index contributed by atoms with van der Waals surface area (Å²) in [6.45, 7) is 0. The van der Waals surface area contributed by atoms with Crippen LogP contribution < -0.4 is 68.9 Å². The Bertz CT molecular complexity index is 19.7. The van der Waals surface area contributed by atoms with Crippen LogP contribution in [-0.2, 0) is 22.4 Å². The molecule has 0 bridgehead atoms. The van der Waals surface area contributed by atoms with Crippen molar-refractivity contribution in [1.29, 1.82) is 0 Å². The molecule has 0 aromatic carbocycles. The van der Waals surface area contributed by atoms with Gasteiger partial charge in [-0.1, -0.05) is 0 Å². The third-order valence-corrected chi connectivity index (χ3v) is 0. The third-order valence-electron chi connectivity index (χ3n) is 0. The summed E-state index contributed by atoms with van der Waals surface area (Å²) in [6, 6.07) is 0. The van der Waals surface area contributed by atoms with Crippen molar-refractivity contribution < 1.29 is 108 Å². The van der Waals surface area contributed by atoms with E-state index in [1.54, 1.807) is 0 Å². The molecule has 1 radical (unpaired) electrons. The van der Waals surface area contributed by atoms with Crippen LogP contribution >= 0.6 is 0 Å². The zero-order chi connectivity index (χ0) is 3.58. The van der Waals surface area contributed by atoms with Gasteiger partial charge < -0.3 is 16.5 Å². The van der Waals surface area contributed by atoms with Gasteiger partial charge in [0.25, 0.3) is 0 Å². The van der Waals surface area contributed by atoms with E-state index in [-0.39, 0.29) is 92.7 Å². The summed E-state index contributed by atoms with van der Waals surface area (Å²) >= 11 is 0. The summed E-state index contributed by atoms with van der Waals surface area (Å²) in [4.78, 5) is 0. The van der Waals surface area contributed by atoms with Crippen molar-refractivity contribution in [3.8, 4) is 0 Å². The van der Waals surface area contributed by atoms with Crippen molar-refractivity contribution in [1.82, 2.24) is 0 Å². The predicted molar refractivity (Wildman–Crippen MR) is 13.5 cm³/mol. The first kappa shape index (κ1) is 15.9. The van der Waals surface area contributed by atoms with Crippen LogP contribution in [0.3, 0.4) is 0 Å². The van der Waals surface area contributed by atoms with Crippen molar-refractivity contribution in [2.75, 3.05) is 0 Å². The van der Waals surface area contributed by atoms with Crippen LogP contribution in [-0.4, -0.2) is 22.4 Å². The van der Waals surface area contributed by atoms with Crippen LogP contribution in [0.1, 0.15) is 1.43 Å². The maximum Gasteiger partial charge on any atom is 1.00 e. The molecule has 31 valence electrons. The molecule has 0 aromatic rings. The molecule has 0 heterocycles.